The predicted molar refractivity (Wildman–Crippen MR) is 85.4 cm³/mol. The van der Waals surface area contributed by atoms with E-state index in [0.29, 0.717) is 17.4 Å². The molecule has 1 amide bonds. The van der Waals surface area contributed by atoms with Gasteiger partial charge in [0.2, 0.25) is 0 Å². The highest BCUT2D eigenvalue weighted by atomic mass is 35.5. The van der Waals surface area contributed by atoms with Gasteiger partial charge in [0.25, 0.3) is 5.91 Å². The fourth-order valence-electron chi connectivity index (χ4n) is 2.53. The molecule has 108 valence electrons. The fraction of sp³-hybridized carbons (Fsp3) is 0.278. The van der Waals surface area contributed by atoms with Crippen molar-refractivity contribution in [1.82, 2.24) is 5.32 Å². The average Bonchev–Trinajstić information content (AvgIpc) is 3.38. The molecule has 1 aliphatic carbocycles. The van der Waals surface area contributed by atoms with E-state index in [0.717, 1.165) is 5.56 Å². The molecule has 1 unspecified atom stereocenters. The molecular formula is C18H18ClNO. The van der Waals surface area contributed by atoms with Crippen molar-refractivity contribution < 1.29 is 4.79 Å². The van der Waals surface area contributed by atoms with Gasteiger partial charge in [-0.2, -0.15) is 0 Å². The summed E-state index contributed by atoms with van der Waals surface area (Å²) in [6, 6.07) is 17.8. The maximum atomic E-state index is 12.4. The number of carbonyl (C=O) groups is 1. The van der Waals surface area contributed by atoms with Gasteiger partial charge in [-0.05, 0) is 42.0 Å². The Labute approximate surface area is 130 Å². The maximum absolute atomic E-state index is 12.4. The van der Waals surface area contributed by atoms with E-state index in [9.17, 15) is 4.79 Å². The Bertz CT molecular complexity index is 605. The van der Waals surface area contributed by atoms with Crippen LogP contribution in [0.1, 0.15) is 40.4 Å². The molecule has 1 aliphatic rings. The second-order valence-corrected chi connectivity index (χ2v) is 5.80. The lowest BCUT2D eigenvalue weighted by atomic mass is 10.0. The summed E-state index contributed by atoms with van der Waals surface area (Å²) >= 11 is 5.77. The van der Waals surface area contributed by atoms with Crippen molar-refractivity contribution in [2.75, 3.05) is 0 Å². The van der Waals surface area contributed by atoms with Crippen molar-refractivity contribution in [3.63, 3.8) is 0 Å². The lowest BCUT2D eigenvalue weighted by molar-refractivity contribution is 0.0931. The zero-order valence-electron chi connectivity index (χ0n) is 11.8. The number of amides is 1. The van der Waals surface area contributed by atoms with Crippen molar-refractivity contribution in [3.8, 4) is 0 Å². The molecule has 1 N–H and O–H groups in total. The van der Waals surface area contributed by atoms with Crippen molar-refractivity contribution in [2.24, 2.45) is 5.92 Å². The van der Waals surface area contributed by atoms with Gasteiger partial charge < -0.3 is 5.32 Å². The summed E-state index contributed by atoms with van der Waals surface area (Å²) < 4.78 is 0. The minimum Gasteiger partial charge on any atom is -0.345 e. The van der Waals surface area contributed by atoms with E-state index in [4.69, 9.17) is 11.6 Å². The molecule has 1 saturated carbocycles. The Morgan fingerprint density at radius 2 is 1.76 bits per heavy atom. The molecular weight excluding hydrogens is 282 g/mol. The van der Waals surface area contributed by atoms with Crippen LogP contribution in [0.3, 0.4) is 0 Å². The van der Waals surface area contributed by atoms with Gasteiger partial charge in [-0.25, -0.2) is 0 Å². The fourth-order valence-corrected chi connectivity index (χ4v) is 2.71. The van der Waals surface area contributed by atoms with Crippen LogP contribution in [0.2, 0.25) is 0 Å². The van der Waals surface area contributed by atoms with E-state index < -0.39 is 0 Å². The number of rotatable bonds is 5. The molecule has 0 spiro atoms. The smallest absolute Gasteiger partial charge is 0.251 e. The number of benzene rings is 2. The van der Waals surface area contributed by atoms with Crippen LogP contribution in [-0.2, 0) is 5.88 Å². The van der Waals surface area contributed by atoms with E-state index in [2.05, 4.69) is 17.4 Å². The largest absolute Gasteiger partial charge is 0.345 e. The van der Waals surface area contributed by atoms with Crippen molar-refractivity contribution >= 4 is 17.5 Å². The third-order valence-electron chi connectivity index (χ3n) is 3.91. The molecule has 1 fully saturated rings. The molecule has 3 rings (SSSR count). The second kappa shape index (κ2) is 6.31. The van der Waals surface area contributed by atoms with Crippen LogP contribution in [0.4, 0.5) is 0 Å². The number of hydrogen-bond acceptors (Lipinski definition) is 1. The van der Waals surface area contributed by atoms with Gasteiger partial charge in [0, 0.05) is 11.4 Å². The minimum absolute atomic E-state index is 0.0168. The van der Waals surface area contributed by atoms with Gasteiger partial charge in [-0.3, -0.25) is 4.79 Å². The molecule has 0 radical (unpaired) electrons. The van der Waals surface area contributed by atoms with E-state index >= 15 is 0 Å². The molecule has 3 heteroatoms. The summed E-state index contributed by atoms with van der Waals surface area (Å²) in [6.45, 7) is 0. The molecule has 0 saturated heterocycles. The van der Waals surface area contributed by atoms with Crippen LogP contribution in [0.5, 0.6) is 0 Å². The number of hydrogen-bond donors (Lipinski definition) is 1. The monoisotopic (exact) mass is 299 g/mol. The first kappa shape index (κ1) is 14.2. The zero-order valence-corrected chi connectivity index (χ0v) is 12.5. The van der Waals surface area contributed by atoms with Crippen molar-refractivity contribution in [2.45, 2.75) is 24.8 Å². The summed E-state index contributed by atoms with van der Waals surface area (Å²) in [5.74, 6) is 1.02. The quantitative estimate of drug-likeness (QED) is 0.819. The van der Waals surface area contributed by atoms with Crippen LogP contribution in [0, 0.1) is 5.92 Å². The number of carbonyl (C=O) groups excluding carboxylic acids is 1. The third kappa shape index (κ3) is 3.45. The Morgan fingerprint density at radius 1 is 1.10 bits per heavy atom. The molecule has 21 heavy (non-hydrogen) atoms. The number of halogens is 1. The lowest BCUT2D eigenvalue weighted by Gasteiger charge is -2.19. The van der Waals surface area contributed by atoms with Crippen LogP contribution < -0.4 is 5.32 Å². The van der Waals surface area contributed by atoms with E-state index in [1.54, 1.807) is 0 Å². The van der Waals surface area contributed by atoms with Crippen LogP contribution in [-0.4, -0.2) is 5.91 Å². The average molecular weight is 300 g/mol. The minimum atomic E-state index is -0.0168. The van der Waals surface area contributed by atoms with E-state index in [1.807, 2.05) is 42.5 Å². The van der Waals surface area contributed by atoms with Crippen LogP contribution in [0.15, 0.2) is 54.6 Å². The molecule has 2 nitrogen and oxygen atoms in total. The first-order chi connectivity index (χ1) is 10.3. The summed E-state index contributed by atoms with van der Waals surface area (Å²) in [7, 11) is 0. The highest BCUT2D eigenvalue weighted by molar-refractivity contribution is 6.17. The Kier molecular flexibility index (Phi) is 4.26. The summed E-state index contributed by atoms with van der Waals surface area (Å²) in [5.41, 5.74) is 2.89. The first-order valence-electron chi connectivity index (χ1n) is 7.28. The van der Waals surface area contributed by atoms with Gasteiger partial charge in [0.1, 0.15) is 0 Å². The van der Waals surface area contributed by atoms with Crippen molar-refractivity contribution in [1.29, 1.82) is 0 Å². The summed E-state index contributed by atoms with van der Waals surface area (Å²) in [6.07, 6.45) is 2.37. The molecule has 0 aromatic heterocycles. The van der Waals surface area contributed by atoms with E-state index in [1.165, 1.54) is 18.4 Å². The molecule has 0 aliphatic heterocycles. The van der Waals surface area contributed by atoms with Crippen LogP contribution >= 0.6 is 11.6 Å². The van der Waals surface area contributed by atoms with Crippen LogP contribution in [0.25, 0.3) is 0 Å². The zero-order chi connectivity index (χ0) is 14.7. The highest BCUT2D eigenvalue weighted by Crippen LogP contribution is 2.41. The Balaban J connectivity index is 1.74. The first-order valence-corrected chi connectivity index (χ1v) is 7.82. The lowest BCUT2D eigenvalue weighted by Crippen LogP contribution is -2.29. The normalized spacial score (nSPS) is 15.5. The standard InChI is InChI=1S/C18H18ClNO/c19-12-13-6-8-16(9-7-13)18(21)20-17(15-10-11-15)14-4-2-1-3-5-14/h1-9,15,17H,10-12H2,(H,20,21). The summed E-state index contributed by atoms with van der Waals surface area (Å²) in [4.78, 5) is 12.4. The Hall–Kier alpha value is -1.80. The second-order valence-electron chi connectivity index (χ2n) is 5.53. The molecule has 0 bridgehead atoms. The number of nitrogens with one attached hydrogen (secondary N) is 1. The molecule has 0 heterocycles. The maximum Gasteiger partial charge on any atom is 0.251 e. The highest BCUT2D eigenvalue weighted by Gasteiger charge is 2.33. The van der Waals surface area contributed by atoms with Gasteiger partial charge in [-0.1, -0.05) is 42.5 Å². The topological polar surface area (TPSA) is 29.1 Å². The molecule has 2 aromatic rings. The Morgan fingerprint density at radius 3 is 2.33 bits per heavy atom. The predicted octanol–water partition coefficient (Wildman–Crippen LogP) is 4.31. The van der Waals surface area contributed by atoms with Gasteiger partial charge in [-0.15, -0.1) is 11.6 Å². The van der Waals surface area contributed by atoms with Gasteiger partial charge in [0.05, 0.1) is 6.04 Å². The SMILES string of the molecule is O=C(NC(c1ccccc1)C1CC1)c1ccc(CCl)cc1. The third-order valence-corrected chi connectivity index (χ3v) is 4.22. The van der Waals surface area contributed by atoms with Gasteiger partial charge in [0.15, 0.2) is 0 Å². The van der Waals surface area contributed by atoms with E-state index in [-0.39, 0.29) is 11.9 Å². The van der Waals surface area contributed by atoms with Gasteiger partial charge >= 0.3 is 0 Å². The summed E-state index contributed by atoms with van der Waals surface area (Å²) in [5, 5.41) is 3.18. The number of alkyl halides is 1. The van der Waals surface area contributed by atoms with Crippen molar-refractivity contribution in [3.05, 3.63) is 71.3 Å². The molecule has 2 aromatic carbocycles. The molecule has 1 atom stereocenters.